The highest BCUT2D eigenvalue weighted by Crippen LogP contribution is 2.31. The fourth-order valence-electron chi connectivity index (χ4n) is 4.88. The molecule has 226 valence electrons. The van der Waals surface area contributed by atoms with Gasteiger partial charge >= 0.3 is 0 Å². The van der Waals surface area contributed by atoms with Crippen molar-refractivity contribution >= 4 is 40.5 Å². The van der Waals surface area contributed by atoms with Crippen molar-refractivity contribution in [2.24, 2.45) is 0 Å². The molecular formula is C37H39ClN4O2. The largest absolute Gasteiger partial charge is 0.485 e. The lowest BCUT2D eigenvalue weighted by atomic mass is 10.1. The average molecular weight is 607 g/mol. The highest BCUT2D eigenvalue weighted by molar-refractivity contribution is 6.31. The summed E-state index contributed by atoms with van der Waals surface area (Å²) in [4.78, 5) is 12.1. The molecule has 1 aromatic heterocycles. The van der Waals surface area contributed by atoms with Crippen LogP contribution < -0.4 is 14.8 Å². The predicted molar refractivity (Wildman–Crippen MR) is 182 cm³/mol. The molecule has 4 aromatic carbocycles. The van der Waals surface area contributed by atoms with Crippen molar-refractivity contribution in [3.05, 3.63) is 125 Å². The molecule has 1 heterocycles. The zero-order chi connectivity index (χ0) is 30.6. The Morgan fingerprint density at radius 1 is 0.750 bits per heavy atom. The van der Waals surface area contributed by atoms with E-state index in [-0.39, 0.29) is 0 Å². The summed E-state index contributed by atoms with van der Waals surface area (Å²) in [5.41, 5.74) is 3.93. The standard InChI is InChI=1S/C37H39ClN4O2/c1-3-42(4-2)23-11-22-39-37-32-19-18-31(38)25-33(32)40-36(41-37)21-17-28-16-20-34(43-26-29-12-7-5-8-13-29)35(24-28)44-27-30-14-9-6-10-15-30/h5-10,12-21,24-25H,3-4,11,22-23,26-27H2,1-2H3,(H,39,40,41)/b21-17+. The number of hydrogen-bond acceptors (Lipinski definition) is 6. The van der Waals surface area contributed by atoms with Gasteiger partial charge in [0, 0.05) is 17.0 Å². The quantitative estimate of drug-likeness (QED) is 0.120. The summed E-state index contributed by atoms with van der Waals surface area (Å²) >= 11 is 6.33. The van der Waals surface area contributed by atoms with Gasteiger partial charge in [0.15, 0.2) is 17.3 Å². The average Bonchev–Trinajstić information content (AvgIpc) is 3.06. The molecule has 0 aliphatic rings. The van der Waals surface area contributed by atoms with Crippen LogP contribution in [-0.2, 0) is 13.2 Å². The fraction of sp³-hybridized carbons (Fsp3) is 0.243. The minimum Gasteiger partial charge on any atom is -0.485 e. The summed E-state index contributed by atoms with van der Waals surface area (Å²) in [6, 6.07) is 31.9. The van der Waals surface area contributed by atoms with Gasteiger partial charge in [0.05, 0.1) is 5.52 Å². The van der Waals surface area contributed by atoms with Crippen LogP contribution in [0.15, 0.2) is 97.1 Å². The minimum atomic E-state index is 0.438. The van der Waals surface area contributed by atoms with Crippen LogP contribution in [0.3, 0.4) is 0 Å². The highest BCUT2D eigenvalue weighted by Gasteiger charge is 2.10. The second kappa shape index (κ2) is 15.9. The number of ether oxygens (including phenoxy) is 2. The Labute approximate surface area is 265 Å². The minimum absolute atomic E-state index is 0.438. The van der Waals surface area contributed by atoms with Gasteiger partial charge in [-0.2, -0.15) is 0 Å². The molecule has 0 aliphatic heterocycles. The molecule has 0 spiro atoms. The van der Waals surface area contributed by atoms with Crippen LogP contribution >= 0.6 is 11.6 Å². The first-order valence-electron chi connectivity index (χ1n) is 15.2. The van der Waals surface area contributed by atoms with Gasteiger partial charge in [0.1, 0.15) is 19.0 Å². The van der Waals surface area contributed by atoms with E-state index < -0.39 is 0 Å². The van der Waals surface area contributed by atoms with Crippen molar-refractivity contribution < 1.29 is 9.47 Å². The zero-order valence-electron chi connectivity index (χ0n) is 25.4. The predicted octanol–water partition coefficient (Wildman–Crippen LogP) is 8.76. The van der Waals surface area contributed by atoms with E-state index in [2.05, 4.69) is 24.1 Å². The van der Waals surface area contributed by atoms with Gasteiger partial charge in [-0.3, -0.25) is 0 Å². The maximum Gasteiger partial charge on any atom is 0.162 e. The van der Waals surface area contributed by atoms with E-state index in [1.165, 1.54) is 0 Å². The number of benzene rings is 4. The van der Waals surface area contributed by atoms with Crippen molar-refractivity contribution in [3.63, 3.8) is 0 Å². The first-order valence-corrected chi connectivity index (χ1v) is 15.6. The Morgan fingerprint density at radius 2 is 1.43 bits per heavy atom. The van der Waals surface area contributed by atoms with E-state index >= 15 is 0 Å². The normalized spacial score (nSPS) is 11.4. The SMILES string of the molecule is CCN(CC)CCCNc1nc(/C=C/c2ccc(OCc3ccccc3)c(OCc3ccccc3)c2)nc2cc(Cl)ccc12. The van der Waals surface area contributed by atoms with E-state index in [1.54, 1.807) is 0 Å². The van der Waals surface area contributed by atoms with Gasteiger partial charge in [-0.15, -0.1) is 0 Å². The van der Waals surface area contributed by atoms with Crippen LogP contribution in [0, 0.1) is 0 Å². The lowest BCUT2D eigenvalue weighted by Gasteiger charge is -2.18. The van der Waals surface area contributed by atoms with Gasteiger partial charge in [-0.05, 0) is 79.2 Å². The second-order valence-electron chi connectivity index (χ2n) is 10.5. The number of aromatic nitrogens is 2. The van der Waals surface area contributed by atoms with E-state index in [0.29, 0.717) is 35.6 Å². The Balaban J connectivity index is 1.36. The zero-order valence-corrected chi connectivity index (χ0v) is 26.1. The first kappa shape index (κ1) is 31.0. The smallest absolute Gasteiger partial charge is 0.162 e. The van der Waals surface area contributed by atoms with Crippen LogP contribution in [0.25, 0.3) is 23.1 Å². The molecular weight excluding hydrogens is 568 g/mol. The number of hydrogen-bond donors (Lipinski definition) is 1. The van der Waals surface area contributed by atoms with Gasteiger partial charge in [-0.25, -0.2) is 9.97 Å². The molecule has 0 bridgehead atoms. The molecule has 0 radical (unpaired) electrons. The van der Waals surface area contributed by atoms with Gasteiger partial charge < -0.3 is 19.7 Å². The number of rotatable bonds is 15. The van der Waals surface area contributed by atoms with E-state index in [4.69, 9.17) is 31.0 Å². The molecule has 5 rings (SSSR count). The molecule has 1 N–H and O–H groups in total. The van der Waals surface area contributed by atoms with Crippen molar-refractivity contribution in [2.45, 2.75) is 33.5 Å². The summed E-state index contributed by atoms with van der Waals surface area (Å²) < 4.78 is 12.4. The molecule has 0 amide bonds. The van der Waals surface area contributed by atoms with Gasteiger partial charge in [-0.1, -0.05) is 98.3 Å². The highest BCUT2D eigenvalue weighted by atomic mass is 35.5. The number of nitrogens with zero attached hydrogens (tertiary/aromatic N) is 3. The van der Waals surface area contributed by atoms with E-state index in [1.807, 2.05) is 109 Å². The summed E-state index contributed by atoms with van der Waals surface area (Å²) in [5.74, 6) is 2.77. The summed E-state index contributed by atoms with van der Waals surface area (Å²) in [6.45, 7) is 9.26. The Kier molecular flexibility index (Phi) is 11.2. The van der Waals surface area contributed by atoms with Crippen LogP contribution in [0.2, 0.25) is 5.02 Å². The molecule has 7 heteroatoms. The number of nitrogens with one attached hydrogen (secondary N) is 1. The Morgan fingerprint density at radius 3 is 2.11 bits per heavy atom. The lowest BCUT2D eigenvalue weighted by Crippen LogP contribution is -2.25. The van der Waals surface area contributed by atoms with Crippen LogP contribution in [-0.4, -0.2) is 41.0 Å². The Hall–Kier alpha value is -4.39. The molecule has 0 aliphatic carbocycles. The van der Waals surface area contributed by atoms with Gasteiger partial charge in [0.25, 0.3) is 0 Å². The number of halogens is 1. The third-order valence-corrected chi connectivity index (χ3v) is 7.62. The third kappa shape index (κ3) is 8.82. The monoisotopic (exact) mass is 606 g/mol. The topological polar surface area (TPSA) is 59.5 Å². The molecule has 0 atom stereocenters. The second-order valence-corrected chi connectivity index (χ2v) is 10.9. The molecule has 0 fully saturated rings. The molecule has 5 aromatic rings. The summed E-state index contributed by atoms with van der Waals surface area (Å²) in [5, 5.41) is 5.13. The van der Waals surface area contributed by atoms with Crippen molar-refractivity contribution in [3.8, 4) is 11.5 Å². The molecule has 6 nitrogen and oxygen atoms in total. The van der Waals surface area contributed by atoms with Crippen LogP contribution in [0.4, 0.5) is 5.82 Å². The van der Waals surface area contributed by atoms with E-state index in [9.17, 15) is 0 Å². The number of anilines is 1. The molecule has 0 unspecified atom stereocenters. The summed E-state index contributed by atoms with van der Waals surface area (Å²) in [7, 11) is 0. The fourth-order valence-corrected chi connectivity index (χ4v) is 5.05. The molecule has 0 saturated heterocycles. The van der Waals surface area contributed by atoms with Crippen molar-refractivity contribution in [2.75, 3.05) is 31.5 Å². The summed E-state index contributed by atoms with van der Waals surface area (Å²) in [6.07, 6.45) is 4.94. The molecule has 44 heavy (non-hydrogen) atoms. The van der Waals surface area contributed by atoms with Crippen LogP contribution in [0.1, 0.15) is 42.8 Å². The third-order valence-electron chi connectivity index (χ3n) is 7.38. The number of fused-ring (bicyclic) bond motifs is 1. The maximum absolute atomic E-state index is 6.33. The van der Waals surface area contributed by atoms with Crippen molar-refractivity contribution in [1.29, 1.82) is 0 Å². The maximum atomic E-state index is 6.33. The van der Waals surface area contributed by atoms with Crippen molar-refractivity contribution in [1.82, 2.24) is 14.9 Å². The van der Waals surface area contributed by atoms with Crippen LogP contribution in [0.5, 0.6) is 11.5 Å². The first-order chi connectivity index (χ1) is 21.6. The molecule has 0 saturated carbocycles. The Bertz CT molecular complexity index is 1660. The van der Waals surface area contributed by atoms with Gasteiger partial charge in [0.2, 0.25) is 0 Å². The van der Waals surface area contributed by atoms with E-state index in [0.717, 1.165) is 66.0 Å². The lowest BCUT2D eigenvalue weighted by molar-refractivity contribution is 0.256.